The van der Waals surface area contributed by atoms with Crippen LogP contribution in [0, 0.1) is 0 Å². The number of carbonyl (C=O) groups excluding carboxylic acids is 2. The minimum absolute atomic E-state index is 0.269. The number of carbonyl (C=O) groups is 3. The Morgan fingerprint density at radius 3 is 2.58 bits per heavy atom. The Hall–Kier alpha value is -2.58. The number of nitrogens with one attached hydrogen (secondary N) is 3. The van der Waals surface area contributed by atoms with Crippen molar-refractivity contribution in [2.45, 2.75) is 44.6 Å². The third-order valence-electron chi connectivity index (χ3n) is 3.66. The summed E-state index contributed by atoms with van der Waals surface area (Å²) in [6.07, 6.45) is 2.28. The molecule has 24 heavy (non-hydrogen) atoms. The lowest BCUT2D eigenvalue weighted by molar-refractivity contribution is -0.122. The molecule has 3 amide bonds. The van der Waals surface area contributed by atoms with Crippen LogP contribution >= 0.6 is 0 Å². The summed E-state index contributed by atoms with van der Waals surface area (Å²) >= 11 is 0. The molecule has 132 valence electrons. The van der Waals surface area contributed by atoms with Gasteiger partial charge >= 0.3 is 6.09 Å². The molecular weight excluding hydrogens is 316 g/mol. The lowest BCUT2D eigenvalue weighted by atomic mass is 10.2. The molecule has 1 heterocycles. The van der Waals surface area contributed by atoms with Crippen LogP contribution in [0.15, 0.2) is 10.6 Å². The van der Waals surface area contributed by atoms with E-state index in [1.165, 1.54) is 6.92 Å². The Bertz CT molecular complexity index is 596. The van der Waals surface area contributed by atoms with Crippen molar-refractivity contribution in [2.75, 3.05) is 13.1 Å². The molecular formula is C15H22N4O5. The zero-order valence-electron chi connectivity index (χ0n) is 13.5. The highest BCUT2D eigenvalue weighted by Gasteiger charge is 2.28. The number of amides is 3. The highest BCUT2D eigenvalue weighted by molar-refractivity contribution is 5.92. The van der Waals surface area contributed by atoms with Crippen LogP contribution in [0.4, 0.5) is 4.79 Å². The smallest absolute Gasteiger partial charge is 0.405 e. The first-order valence-electron chi connectivity index (χ1n) is 7.99. The Kier molecular flexibility index (Phi) is 6.16. The largest absolute Gasteiger partial charge is 0.465 e. The number of aromatic nitrogens is 1. The van der Waals surface area contributed by atoms with Gasteiger partial charge in [-0.2, -0.15) is 0 Å². The number of nitrogens with zero attached hydrogens (tertiary/aromatic N) is 1. The lowest BCUT2D eigenvalue weighted by Crippen LogP contribution is -2.44. The predicted octanol–water partition coefficient (Wildman–Crippen LogP) is 0.834. The maximum absolute atomic E-state index is 11.9. The fourth-order valence-electron chi connectivity index (χ4n) is 2.11. The van der Waals surface area contributed by atoms with Gasteiger partial charge in [0.1, 0.15) is 11.8 Å². The van der Waals surface area contributed by atoms with E-state index >= 15 is 0 Å². The van der Waals surface area contributed by atoms with Crippen molar-refractivity contribution in [3.05, 3.63) is 17.5 Å². The summed E-state index contributed by atoms with van der Waals surface area (Å²) in [6.45, 7) is 2.34. The van der Waals surface area contributed by atoms with E-state index in [2.05, 4.69) is 21.1 Å². The molecule has 1 atom stereocenters. The number of hydrogen-bond acceptors (Lipinski definition) is 5. The van der Waals surface area contributed by atoms with E-state index in [0.29, 0.717) is 37.5 Å². The van der Waals surface area contributed by atoms with E-state index in [4.69, 9.17) is 9.63 Å². The van der Waals surface area contributed by atoms with Crippen LogP contribution in [-0.4, -0.2) is 47.3 Å². The summed E-state index contributed by atoms with van der Waals surface area (Å²) in [4.78, 5) is 33.8. The highest BCUT2D eigenvalue weighted by atomic mass is 16.5. The molecule has 4 N–H and O–H groups in total. The number of carboxylic acid groups (broad SMARTS) is 1. The zero-order chi connectivity index (χ0) is 17.5. The summed E-state index contributed by atoms with van der Waals surface area (Å²) in [5, 5.41) is 19.7. The summed E-state index contributed by atoms with van der Waals surface area (Å²) in [6, 6.07) is 0.888. The molecule has 0 aromatic carbocycles. The van der Waals surface area contributed by atoms with Crippen LogP contribution in [0.25, 0.3) is 0 Å². The number of unbranched alkanes of at least 4 members (excludes halogenated alkanes) is 1. The van der Waals surface area contributed by atoms with Gasteiger partial charge in [-0.3, -0.25) is 9.59 Å². The maximum atomic E-state index is 11.9. The fraction of sp³-hybridized carbons (Fsp3) is 0.600. The molecule has 1 aliphatic rings. The van der Waals surface area contributed by atoms with E-state index < -0.39 is 12.1 Å². The molecule has 0 aliphatic heterocycles. The molecule has 2 rings (SSSR count). The molecule has 9 nitrogen and oxygen atoms in total. The molecule has 0 radical (unpaired) electrons. The zero-order valence-corrected chi connectivity index (χ0v) is 13.5. The molecule has 9 heteroatoms. The summed E-state index contributed by atoms with van der Waals surface area (Å²) in [7, 11) is 0. The Morgan fingerprint density at radius 2 is 1.96 bits per heavy atom. The molecule has 1 aliphatic carbocycles. The molecule has 0 saturated heterocycles. The Balaban J connectivity index is 1.55. The molecule has 1 unspecified atom stereocenters. The third-order valence-corrected chi connectivity index (χ3v) is 3.66. The van der Waals surface area contributed by atoms with Gasteiger partial charge in [0, 0.05) is 25.1 Å². The first-order valence-corrected chi connectivity index (χ1v) is 7.99. The molecule has 0 spiro atoms. The van der Waals surface area contributed by atoms with Gasteiger partial charge in [0.25, 0.3) is 5.91 Å². The predicted molar refractivity (Wildman–Crippen MR) is 83.7 cm³/mol. The standard InChI is InChI=1S/C15H22N4O5/c1-9(18-15(22)23)13(20)16-6-2-3-7-17-14(21)11-8-12(24-19-11)10-4-5-10/h8-10,18H,2-7H2,1H3,(H,16,20)(H,17,21)(H,22,23). The summed E-state index contributed by atoms with van der Waals surface area (Å²) in [5.74, 6) is 0.540. The Morgan fingerprint density at radius 1 is 1.29 bits per heavy atom. The van der Waals surface area contributed by atoms with Crippen LogP contribution in [-0.2, 0) is 4.79 Å². The van der Waals surface area contributed by atoms with Gasteiger partial charge in [-0.05, 0) is 32.6 Å². The van der Waals surface area contributed by atoms with Crippen molar-refractivity contribution >= 4 is 17.9 Å². The van der Waals surface area contributed by atoms with Gasteiger partial charge < -0.3 is 25.6 Å². The fourth-order valence-corrected chi connectivity index (χ4v) is 2.11. The summed E-state index contributed by atoms with van der Waals surface area (Å²) < 4.78 is 5.12. The van der Waals surface area contributed by atoms with E-state index in [0.717, 1.165) is 18.6 Å². The van der Waals surface area contributed by atoms with Gasteiger partial charge in [-0.15, -0.1) is 0 Å². The number of rotatable bonds is 9. The van der Waals surface area contributed by atoms with Gasteiger partial charge in [0.2, 0.25) is 5.91 Å². The lowest BCUT2D eigenvalue weighted by Gasteiger charge is -2.11. The van der Waals surface area contributed by atoms with Gasteiger partial charge in [-0.25, -0.2) is 4.79 Å². The van der Waals surface area contributed by atoms with E-state index in [9.17, 15) is 14.4 Å². The minimum Gasteiger partial charge on any atom is -0.465 e. The average Bonchev–Trinajstić information content (AvgIpc) is 3.26. The van der Waals surface area contributed by atoms with Crippen molar-refractivity contribution in [1.82, 2.24) is 21.1 Å². The van der Waals surface area contributed by atoms with Gasteiger partial charge in [0.05, 0.1) is 0 Å². The van der Waals surface area contributed by atoms with Crippen molar-refractivity contribution in [3.63, 3.8) is 0 Å². The highest BCUT2D eigenvalue weighted by Crippen LogP contribution is 2.40. The maximum Gasteiger partial charge on any atom is 0.405 e. The third kappa shape index (κ3) is 5.56. The second-order valence-corrected chi connectivity index (χ2v) is 5.81. The normalized spacial score (nSPS) is 14.7. The first-order chi connectivity index (χ1) is 11.5. The Labute approximate surface area is 139 Å². The van der Waals surface area contributed by atoms with Crippen LogP contribution < -0.4 is 16.0 Å². The van der Waals surface area contributed by atoms with Crippen LogP contribution in [0.3, 0.4) is 0 Å². The van der Waals surface area contributed by atoms with Crippen molar-refractivity contribution in [1.29, 1.82) is 0 Å². The molecule has 1 fully saturated rings. The van der Waals surface area contributed by atoms with E-state index in [-0.39, 0.29) is 11.8 Å². The molecule has 1 saturated carbocycles. The van der Waals surface area contributed by atoms with E-state index in [1.807, 2.05) is 0 Å². The van der Waals surface area contributed by atoms with Crippen molar-refractivity contribution in [3.8, 4) is 0 Å². The molecule has 1 aromatic rings. The first kappa shape index (κ1) is 17.8. The number of hydrogen-bond donors (Lipinski definition) is 4. The molecule has 0 bridgehead atoms. The van der Waals surface area contributed by atoms with Crippen molar-refractivity contribution in [2.24, 2.45) is 0 Å². The van der Waals surface area contributed by atoms with Gasteiger partial charge in [0.15, 0.2) is 5.69 Å². The van der Waals surface area contributed by atoms with E-state index in [1.54, 1.807) is 6.07 Å². The second-order valence-electron chi connectivity index (χ2n) is 5.81. The van der Waals surface area contributed by atoms with Crippen LogP contribution in [0.5, 0.6) is 0 Å². The minimum atomic E-state index is -1.24. The SMILES string of the molecule is CC(NC(=O)O)C(=O)NCCCCNC(=O)c1cc(C2CC2)on1. The van der Waals surface area contributed by atoms with Crippen molar-refractivity contribution < 1.29 is 24.0 Å². The molecule has 1 aromatic heterocycles. The van der Waals surface area contributed by atoms with Crippen LogP contribution in [0.2, 0.25) is 0 Å². The summed E-state index contributed by atoms with van der Waals surface area (Å²) in [5.41, 5.74) is 0.291. The van der Waals surface area contributed by atoms with Crippen LogP contribution in [0.1, 0.15) is 54.8 Å². The average molecular weight is 338 g/mol. The monoisotopic (exact) mass is 338 g/mol. The quantitative estimate of drug-likeness (QED) is 0.493. The van der Waals surface area contributed by atoms with Gasteiger partial charge in [-0.1, -0.05) is 5.16 Å². The topological polar surface area (TPSA) is 134 Å². The second kappa shape index (κ2) is 8.32.